The second-order valence-corrected chi connectivity index (χ2v) is 5.17. The number of rotatable bonds is 2. The summed E-state index contributed by atoms with van der Waals surface area (Å²) in [6.07, 6.45) is 1.06. The molecule has 21 heavy (non-hydrogen) atoms. The first-order chi connectivity index (χ1) is 10.0. The van der Waals surface area contributed by atoms with Crippen LogP contribution in [-0.4, -0.2) is 34.5 Å². The number of amides is 1. The molecule has 2 heterocycles. The Balaban J connectivity index is 2.04. The molecule has 1 aromatic heterocycles. The number of carboxylic acid groups (broad SMARTS) is 1. The summed E-state index contributed by atoms with van der Waals surface area (Å²) < 4.78 is 19.1. The van der Waals surface area contributed by atoms with Crippen molar-refractivity contribution in [2.75, 3.05) is 6.54 Å². The Kier molecular flexibility index (Phi) is 3.16. The van der Waals surface area contributed by atoms with Gasteiger partial charge in [0.1, 0.15) is 6.04 Å². The van der Waals surface area contributed by atoms with Gasteiger partial charge in [0.25, 0.3) is 5.91 Å². The zero-order valence-electron chi connectivity index (χ0n) is 11.4. The van der Waals surface area contributed by atoms with Gasteiger partial charge < -0.3 is 14.4 Å². The summed E-state index contributed by atoms with van der Waals surface area (Å²) in [5, 5.41) is 9.68. The van der Waals surface area contributed by atoms with Crippen molar-refractivity contribution in [1.82, 2.24) is 4.90 Å². The fourth-order valence-corrected chi connectivity index (χ4v) is 2.81. The molecule has 5 nitrogen and oxygen atoms in total. The van der Waals surface area contributed by atoms with Crippen LogP contribution >= 0.6 is 0 Å². The van der Waals surface area contributed by atoms with E-state index in [2.05, 4.69) is 0 Å². The standard InChI is InChI=1S/C15H14FNO4/c1-8-9-4-2-5-10(16)13(9)21-12(8)14(18)17-7-3-6-11(17)15(19)20/h2,4-5,11H,3,6-7H2,1H3,(H,19,20). The fraction of sp³-hybridized carbons (Fsp3) is 0.333. The molecular formula is C15H14FNO4. The van der Waals surface area contributed by atoms with E-state index in [1.54, 1.807) is 19.1 Å². The number of carboxylic acids is 1. The number of nitrogens with zero attached hydrogens (tertiary/aromatic N) is 1. The van der Waals surface area contributed by atoms with Crippen LogP contribution < -0.4 is 0 Å². The number of carbonyl (C=O) groups excluding carboxylic acids is 1. The van der Waals surface area contributed by atoms with Crippen LogP contribution in [0.1, 0.15) is 29.0 Å². The summed E-state index contributed by atoms with van der Waals surface area (Å²) in [6, 6.07) is 3.64. The third-order valence-corrected chi connectivity index (χ3v) is 3.91. The number of aliphatic carboxylic acids is 1. The molecule has 0 aliphatic carbocycles. The number of para-hydroxylation sites is 1. The lowest BCUT2D eigenvalue weighted by Crippen LogP contribution is -2.40. The number of fused-ring (bicyclic) bond motifs is 1. The zero-order valence-corrected chi connectivity index (χ0v) is 11.4. The maximum atomic E-state index is 13.7. The van der Waals surface area contributed by atoms with Gasteiger partial charge in [-0.1, -0.05) is 12.1 Å². The molecule has 1 atom stereocenters. The van der Waals surface area contributed by atoms with Gasteiger partial charge in [-0.25, -0.2) is 9.18 Å². The largest absolute Gasteiger partial charge is 0.480 e. The van der Waals surface area contributed by atoms with Gasteiger partial charge in [-0.05, 0) is 25.8 Å². The lowest BCUT2D eigenvalue weighted by molar-refractivity contribution is -0.141. The van der Waals surface area contributed by atoms with E-state index in [1.807, 2.05) is 0 Å². The molecule has 1 amide bonds. The van der Waals surface area contributed by atoms with Gasteiger partial charge in [-0.3, -0.25) is 4.79 Å². The van der Waals surface area contributed by atoms with Crippen LogP contribution in [0.25, 0.3) is 11.0 Å². The van der Waals surface area contributed by atoms with E-state index in [1.165, 1.54) is 11.0 Å². The first kappa shape index (κ1) is 13.6. The third-order valence-electron chi connectivity index (χ3n) is 3.91. The van der Waals surface area contributed by atoms with Crippen molar-refractivity contribution >= 4 is 22.8 Å². The van der Waals surface area contributed by atoms with Crippen molar-refractivity contribution < 1.29 is 23.5 Å². The van der Waals surface area contributed by atoms with Crippen LogP contribution in [0, 0.1) is 12.7 Å². The predicted octanol–water partition coefficient (Wildman–Crippen LogP) is 2.57. The average molecular weight is 291 g/mol. The lowest BCUT2D eigenvalue weighted by Gasteiger charge is -2.20. The molecule has 110 valence electrons. The topological polar surface area (TPSA) is 70.8 Å². The Bertz CT molecular complexity index is 737. The SMILES string of the molecule is Cc1c(C(=O)N2CCCC2C(=O)O)oc2c(F)cccc12. The molecule has 1 aliphatic heterocycles. The fourth-order valence-electron chi connectivity index (χ4n) is 2.81. The summed E-state index contributed by atoms with van der Waals surface area (Å²) in [4.78, 5) is 25.0. The Morgan fingerprint density at radius 3 is 2.86 bits per heavy atom. The minimum absolute atomic E-state index is 0.0169. The molecule has 1 aliphatic rings. The molecule has 0 spiro atoms. The average Bonchev–Trinajstić information content (AvgIpc) is 3.05. The van der Waals surface area contributed by atoms with Crippen LogP contribution in [0.5, 0.6) is 0 Å². The zero-order chi connectivity index (χ0) is 15.1. The number of hydrogen-bond donors (Lipinski definition) is 1. The quantitative estimate of drug-likeness (QED) is 0.923. The van der Waals surface area contributed by atoms with Gasteiger partial charge in [-0.2, -0.15) is 0 Å². The Labute approximate surface area is 119 Å². The molecule has 2 aromatic rings. The molecule has 3 rings (SSSR count). The van der Waals surface area contributed by atoms with Crippen molar-refractivity contribution in [3.8, 4) is 0 Å². The number of furan rings is 1. The second kappa shape index (κ2) is 4.87. The summed E-state index contributed by atoms with van der Waals surface area (Å²) >= 11 is 0. The molecule has 6 heteroatoms. The van der Waals surface area contributed by atoms with Crippen molar-refractivity contribution in [2.45, 2.75) is 25.8 Å². The Hall–Kier alpha value is -2.37. The normalized spacial score (nSPS) is 18.4. The third kappa shape index (κ3) is 2.07. The number of likely N-dealkylation sites (tertiary alicyclic amines) is 1. The monoisotopic (exact) mass is 291 g/mol. The lowest BCUT2D eigenvalue weighted by atomic mass is 10.1. The minimum Gasteiger partial charge on any atom is -0.480 e. The van der Waals surface area contributed by atoms with Crippen LogP contribution in [-0.2, 0) is 4.79 Å². The van der Waals surface area contributed by atoms with Crippen molar-refractivity contribution in [2.24, 2.45) is 0 Å². The van der Waals surface area contributed by atoms with E-state index in [-0.39, 0.29) is 11.3 Å². The van der Waals surface area contributed by atoms with Gasteiger partial charge in [-0.15, -0.1) is 0 Å². The van der Waals surface area contributed by atoms with E-state index in [9.17, 15) is 14.0 Å². The van der Waals surface area contributed by atoms with Crippen molar-refractivity contribution in [3.63, 3.8) is 0 Å². The van der Waals surface area contributed by atoms with Gasteiger partial charge in [0.05, 0.1) is 0 Å². The molecule has 0 saturated carbocycles. The summed E-state index contributed by atoms with van der Waals surface area (Å²) in [7, 11) is 0. The predicted molar refractivity (Wildman–Crippen MR) is 72.6 cm³/mol. The van der Waals surface area contributed by atoms with Crippen LogP contribution in [0.15, 0.2) is 22.6 Å². The molecular weight excluding hydrogens is 277 g/mol. The maximum Gasteiger partial charge on any atom is 0.326 e. The number of carbonyl (C=O) groups is 2. The first-order valence-corrected chi connectivity index (χ1v) is 6.72. The summed E-state index contributed by atoms with van der Waals surface area (Å²) in [6.45, 7) is 2.04. The van der Waals surface area contributed by atoms with Crippen LogP contribution in [0.4, 0.5) is 4.39 Å². The van der Waals surface area contributed by atoms with Crippen LogP contribution in [0.3, 0.4) is 0 Å². The maximum absolute atomic E-state index is 13.7. The van der Waals surface area contributed by atoms with E-state index in [0.29, 0.717) is 30.3 Å². The highest BCUT2D eigenvalue weighted by Gasteiger charge is 2.36. The smallest absolute Gasteiger partial charge is 0.326 e. The van der Waals surface area contributed by atoms with Crippen molar-refractivity contribution in [3.05, 3.63) is 35.3 Å². The molecule has 1 fully saturated rings. The highest BCUT2D eigenvalue weighted by molar-refractivity contribution is 6.00. The molecule has 0 radical (unpaired) electrons. The van der Waals surface area contributed by atoms with E-state index in [0.717, 1.165) is 0 Å². The summed E-state index contributed by atoms with van der Waals surface area (Å²) in [5.41, 5.74) is 0.565. The molecule has 1 aromatic carbocycles. The number of hydrogen-bond acceptors (Lipinski definition) is 3. The summed E-state index contributed by atoms with van der Waals surface area (Å²) in [5.74, 6) is -2.04. The van der Waals surface area contributed by atoms with E-state index < -0.39 is 23.7 Å². The van der Waals surface area contributed by atoms with E-state index >= 15 is 0 Å². The highest BCUT2D eigenvalue weighted by atomic mass is 19.1. The second-order valence-electron chi connectivity index (χ2n) is 5.17. The highest BCUT2D eigenvalue weighted by Crippen LogP contribution is 2.30. The Morgan fingerprint density at radius 2 is 2.19 bits per heavy atom. The molecule has 1 N–H and O–H groups in total. The minimum atomic E-state index is -1.03. The van der Waals surface area contributed by atoms with Gasteiger partial charge in [0.2, 0.25) is 0 Å². The molecule has 0 bridgehead atoms. The number of aryl methyl sites for hydroxylation is 1. The van der Waals surface area contributed by atoms with Crippen LogP contribution in [0.2, 0.25) is 0 Å². The number of halogens is 1. The van der Waals surface area contributed by atoms with Crippen molar-refractivity contribution in [1.29, 1.82) is 0 Å². The van der Waals surface area contributed by atoms with Gasteiger partial charge in [0.15, 0.2) is 17.2 Å². The molecule has 1 unspecified atom stereocenters. The Morgan fingerprint density at radius 1 is 1.43 bits per heavy atom. The number of benzene rings is 1. The van der Waals surface area contributed by atoms with E-state index in [4.69, 9.17) is 9.52 Å². The molecule has 1 saturated heterocycles. The first-order valence-electron chi connectivity index (χ1n) is 6.72. The van der Waals surface area contributed by atoms with Gasteiger partial charge in [0, 0.05) is 17.5 Å². The van der Waals surface area contributed by atoms with Gasteiger partial charge >= 0.3 is 5.97 Å².